The highest BCUT2D eigenvalue weighted by atomic mass is 35.5. The molecule has 0 aliphatic carbocycles. The van der Waals surface area contributed by atoms with E-state index >= 15 is 0 Å². The molecular weight excluding hydrogens is 244 g/mol. The van der Waals surface area contributed by atoms with Crippen LogP contribution in [0.25, 0.3) is 0 Å². The molecule has 1 heterocycles. The van der Waals surface area contributed by atoms with E-state index in [-0.39, 0.29) is 5.15 Å². The number of rotatable bonds is 3. The van der Waals surface area contributed by atoms with Gasteiger partial charge in [0.15, 0.2) is 5.15 Å². The second-order valence-electron chi connectivity index (χ2n) is 3.14. The molecule has 0 aliphatic heterocycles. The number of benzene rings is 1. The molecule has 0 fully saturated rings. The fourth-order valence-corrected chi connectivity index (χ4v) is 2.16. The van der Waals surface area contributed by atoms with Crippen LogP contribution in [-0.4, -0.2) is 5.10 Å². The van der Waals surface area contributed by atoms with Crippen LogP contribution in [0.15, 0.2) is 47.5 Å². The van der Waals surface area contributed by atoms with E-state index in [0.29, 0.717) is 9.87 Å². The first-order chi connectivity index (χ1) is 7.75. The molecule has 0 bridgehead atoms. The summed E-state index contributed by atoms with van der Waals surface area (Å²) >= 11 is 7.03. The summed E-state index contributed by atoms with van der Waals surface area (Å²) in [6.45, 7) is 0. The molecule has 0 N–H and O–H groups in total. The first-order valence-electron chi connectivity index (χ1n) is 4.69. The van der Waals surface area contributed by atoms with Gasteiger partial charge in [0.25, 0.3) is 5.03 Å². The Morgan fingerprint density at radius 1 is 1.19 bits per heavy atom. The third-order valence-corrected chi connectivity index (χ3v) is 3.24. The molecule has 0 unspecified atom stereocenters. The highest BCUT2D eigenvalue weighted by molar-refractivity contribution is 7.98. The number of aromatic nitrogens is 2. The van der Waals surface area contributed by atoms with Crippen LogP contribution < -0.4 is 4.85 Å². The van der Waals surface area contributed by atoms with Gasteiger partial charge in [-0.3, -0.25) is 0 Å². The molecule has 0 radical (unpaired) electrons. The van der Waals surface area contributed by atoms with Crippen molar-refractivity contribution in [2.75, 3.05) is 0 Å². The van der Waals surface area contributed by atoms with Crippen LogP contribution in [0.2, 0.25) is 5.15 Å². The Kier molecular flexibility index (Phi) is 3.64. The number of hydrogen-bond donors (Lipinski definition) is 0. The van der Waals surface area contributed by atoms with Crippen molar-refractivity contribution in [1.29, 1.82) is 0 Å². The van der Waals surface area contributed by atoms with Gasteiger partial charge in [0.1, 0.15) is 0 Å². The summed E-state index contributed by atoms with van der Waals surface area (Å²) in [6.07, 6.45) is 0. The number of thioether (sulfide) groups is 1. The van der Waals surface area contributed by atoms with E-state index in [0.717, 1.165) is 5.75 Å². The maximum absolute atomic E-state index is 11.4. The predicted molar refractivity (Wildman–Crippen MR) is 64.2 cm³/mol. The Morgan fingerprint density at radius 2 is 1.94 bits per heavy atom. The van der Waals surface area contributed by atoms with Gasteiger partial charge < -0.3 is 5.21 Å². The molecule has 2 aromatic rings. The van der Waals surface area contributed by atoms with Crippen molar-refractivity contribution in [3.8, 4) is 0 Å². The number of halogens is 1. The first kappa shape index (κ1) is 11.2. The van der Waals surface area contributed by atoms with Crippen LogP contribution in [0.3, 0.4) is 0 Å². The Balaban J connectivity index is 2.05. The van der Waals surface area contributed by atoms with Gasteiger partial charge in [-0.2, -0.15) is 0 Å². The molecule has 0 saturated carbocycles. The quantitative estimate of drug-likeness (QED) is 0.479. The lowest BCUT2D eigenvalue weighted by Gasteiger charge is -2.01. The molecule has 0 aliphatic rings. The van der Waals surface area contributed by atoms with Crippen LogP contribution in [-0.2, 0) is 5.75 Å². The van der Waals surface area contributed by atoms with E-state index in [1.807, 2.05) is 30.3 Å². The zero-order valence-corrected chi connectivity index (χ0v) is 9.91. The first-order valence-corrected chi connectivity index (χ1v) is 6.05. The van der Waals surface area contributed by atoms with Crippen LogP contribution in [0.4, 0.5) is 0 Å². The molecule has 2 rings (SSSR count). The summed E-state index contributed by atoms with van der Waals surface area (Å²) in [5.41, 5.74) is 1.17. The summed E-state index contributed by atoms with van der Waals surface area (Å²) in [4.78, 5) is 0.552. The van der Waals surface area contributed by atoms with Gasteiger partial charge in [-0.05, 0) is 28.2 Å². The lowest BCUT2D eigenvalue weighted by molar-refractivity contribution is -0.706. The lowest BCUT2D eigenvalue weighted by Crippen LogP contribution is -2.33. The maximum Gasteiger partial charge on any atom is 0.279 e. The Morgan fingerprint density at radius 3 is 2.62 bits per heavy atom. The Labute approximate surface area is 103 Å². The second-order valence-corrected chi connectivity index (χ2v) is 4.52. The molecule has 16 heavy (non-hydrogen) atoms. The Bertz CT molecular complexity index is 479. The van der Waals surface area contributed by atoms with Crippen molar-refractivity contribution in [1.82, 2.24) is 5.10 Å². The third-order valence-electron chi connectivity index (χ3n) is 1.97. The molecule has 82 valence electrons. The molecule has 0 amide bonds. The van der Waals surface area contributed by atoms with Crippen LogP contribution >= 0.6 is 23.4 Å². The summed E-state index contributed by atoms with van der Waals surface area (Å²) in [5, 5.41) is 15.7. The second kappa shape index (κ2) is 5.18. The van der Waals surface area contributed by atoms with E-state index in [4.69, 9.17) is 11.6 Å². The smallest absolute Gasteiger partial charge is 0.279 e. The van der Waals surface area contributed by atoms with E-state index in [9.17, 15) is 5.21 Å². The molecule has 1 aromatic heterocycles. The van der Waals surface area contributed by atoms with Gasteiger partial charge in [-0.15, -0.1) is 0 Å². The average Bonchev–Trinajstić information content (AvgIpc) is 2.29. The Hall–Kier alpha value is -1.26. The highest BCUT2D eigenvalue weighted by Crippen LogP contribution is 2.19. The molecule has 0 spiro atoms. The molecular formula is C11H9ClN2OS. The summed E-state index contributed by atoms with van der Waals surface area (Å²) in [5.74, 6) is 0.742. The van der Waals surface area contributed by atoms with Crippen molar-refractivity contribution < 1.29 is 4.85 Å². The molecule has 3 nitrogen and oxygen atoms in total. The summed E-state index contributed by atoms with van der Waals surface area (Å²) in [7, 11) is 0. The predicted octanol–water partition coefficient (Wildman–Crippen LogP) is 2.66. The standard InChI is InChI=1S/C11H9ClN2OS/c12-10-6-7-11(14(15)13-10)16-8-9-4-2-1-3-5-9/h1-7H,8H2. The van der Waals surface area contributed by atoms with Gasteiger partial charge in [0, 0.05) is 16.9 Å². The van der Waals surface area contributed by atoms with Crippen LogP contribution in [0, 0.1) is 5.21 Å². The number of hydrogen-bond acceptors (Lipinski definition) is 3. The van der Waals surface area contributed by atoms with Crippen molar-refractivity contribution in [3.63, 3.8) is 0 Å². The van der Waals surface area contributed by atoms with Gasteiger partial charge in [-0.25, -0.2) is 0 Å². The third kappa shape index (κ3) is 2.87. The molecule has 1 aromatic carbocycles. The van der Waals surface area contributed by atoms with Crippen molar-refractivity contribution in [3.05, 3.63) is 58.4 Å². The zero-order valence-electron chi connectivity index (χ0n) is 8.34. The molecule has 0 saturated heterocycles. The van der Waals surface area contributed by atoms with Gasteiger partial charge in [0.05, 0.1) is 0 Å². The van der Waals surface area contributed by atoms with Crippen LogP contribution in [0.5, 0.6) is 0 Å². The minimum atomic E-state index is 0.207. The van der Waals surface area contributed by atoms with E-state index in [1.165, 1.54) is 17.3 Å². The largest absolute Gasteiger partial charge is 0.593 e. The van der Waals surface area contributed by atoms with E-state index in [2.05, 4.69) is 5.10 Å². The number of nitrogens with zero attached hydrogens (tertiary/aromatic N) is 2. The minimum absolute atomic E-state index is 0.207. The maximum atomic E-state index is 11.4. The lowest BCUT2D eigenvalue weighted by atomic mass is 10.2. The fraction of sp³-hybridized carbons (Fsp3) is 0.0909. The topological polar surface area (TPSA) is 39.8 Å². The molecule has 5 heteroatoms. The van der Waals surface area contributed by atoms with Crippen molar-refractivity contribution in [2.24, 2.45) is 0 Å². The minimum Gasteiger partial charge on any atom is -0.593 e. The summed E-state index contributed by atoms with van der Waals surface area (Å²) < 4.78 is 0. The van der Waals surface area contributed by atoms with E-state index in [1.54, 1.807) is 12.1 Å². The summed E-state index contributed by atoms with van der Waals surface area (Å²) in [6, 6.07) is 13.2. The fourth-order valence-electron chi connectivity index (χ4n) is 1.21. The SMILES string of the molecule is [O-][n+]1nc(Cl)ccc1SCc1ccccc1. The average molecular weight is 253 g/mol. The normalized spacial score (nSPS) is 10.3. The van der Waals surface area contributed by atoms with E-state index < -0.39 is 0 Å². The van der Waals surface area contributed by atoms with Crippen molar-refractivity contribution >= 4 is 23.4 Å². The van der Waals surface area contributed by atoms with Gasteiger partial charge >= 0.3 is 0 Å². The van der Waals surface area contributed by atoms with Gasteiger partial charge in [0.2, 0.25) is 0 Å². The van der Waals surface area contributed by atoms with Gasteiger partial charge in [-0.1, -0.05) is 41.9 Å². The van der Waals surface area contributed by atoms with Crippen LogP contribution in [0.1, 0.15) is 5.56 Å². The monoisotopic (exact) mass is 252 g/mol. The molecule has 0 atom stereocenters. The zero-order chi connectivity index (χ0) is 11.4. The van der Waals surface area contributed by atoms with Crippen molar-refractivity contribution in [2.45, 2.75) is 10.8 Å². The highest BCUT2D eigenvalue weighted by Gasteiger charge is 2.08.